The first-order chi connectivity index (χ1) is 21.6. The van der Waals surface area contributed by atoms with E-state index in [0.29, 0.717) is 36.2 Å². The number of piperazine rings is 2. The maximum Gasteiger partial charge on any atom is 0.350 e. The van der Waals surface area contributed by atoms with Crippen LogP contribution in [-0.4, -0.2) is 102 Å². The second-order valence-corrected chi connectivity index (χ2v) is 12.9. The van der Waals surface area contributed by atoms with Crippen molar-refractivity contribution in [1.29, 1.82) is 0 Å². The fourth-order valence-corrected chi connectivity index (χ4v) is 7.20. The van der Waals surface area contributed by atoms with Gasteiger partial charge in [-0.2, -0.15) is 4.98 Å². The van der Waals surface area contributed by atoms with Crippen molar-refractivity contribution < 1.29 is 18.3 Å². The van der Waals surface area contributed by atoms with Crippen LogP contribution in [-0.2, 0) is 4.79 Å². The third-order valence-electron chi connectivity index (χ3n) is 9.41. The zero-order valence-electron chi connectivity index (χ0n) is 25.9. The molecule has 45 heavy (non-hydrogen) atoms. The van der Waals surface area contributed by atoms with Crippen molar-refractivity contribution in [2.24, 2.45) is 0 Å². The quantitative estimate of drug-likeness (QED) is 0.351. The van der Waals surface area contributed by atoms with Crippen molar-refractivity contribution in [3.8, 4) is 16.9 Å². The van der Waals surface area contributed by atoms with Crippen molar-refractivity contribution in [2.45, 2.75) is 44.8 Å². The number of benzene rings is 2. The number of halogens is 3. The summed E-state index contributed by atoms with van der Waals surface area (Å²) < 4.78 is 37.1. The summed E-state index contributed by atoms with van der Waals surface area (Å²) in [6.45, 7) is 13.6. The van der Waals surface area contributed by atoms with Crippen LogP contribution in [0.5, 0.6) is 5.75 Å². The molecule has 9 nitrogen and oxygen atoms in total. The molecule has 3 aromatic rings. The average Bonchev–Trinajstić information content (AvgIpc) is 3.01. The number of carbonyl (C=O) groups is 1. The minimum Gasteiger partial charge on any atom is -0.488 e. The van der Waals surface area contributed by atoms with Crippen LogP contribution in [0.15, 0.2) is 41.7 Å². The van der Waals surface area contributed by atoms with Crippen molar-refractivity contribution >= 4 is 34.2 Å². The lowest BCUT2D eigenvalue weighted by molar-refractivity contribution is -0.128. The molecule has 1 amide bonds. The Bertz CT molecular complexity index is 1690. The number of hydrogen-bond donors (Lipinski definition) is 0. The highest BCUT2D eigenvalue weighted by Crippen LogP contribution is 2.47. The lowest BCUT2D eigenvalue weighted by Gasteiger charge is -2.45. The minimum atomic E-state index is -0.779. The van der Waals surface area contributed by atoms with E-state index in [2.05, 4.69) is 28.4 Å². The van der Waals surface area contributed by atoms with Gasteiger partial charge in [-0.1, -0.05) is 18.2 Å². The summed E-state index contributed by atoms with van der Waals surface area (Å²) in [5, 5.41) is 0.804. The maximum atomic E-state index is 15.2. The SMILES string of the molecule is C=CC(=O)N1C[C@H](C)N(c2nc(=O)n3c4c(c(-c5ccc(F)cc5F)c(Cl)cc24)OC[C@@H]3CCCN2CCN(C)CC2)C[C@H]1C. The van der Waals surface area contributed by atoms with Crippen LogP contribution in [0, 0.1) is 11.6 Å². The van der Waals surface area contributed by atoms with Crippen molar-refractivity contribution in [2.75, 3.05) is 64.4 Å². The average molecular weight is 641 g/mol. The molecule has 3 aliphatic rings. The van der Waals surface area contributed by atoms with E-state index in [1.807, 2.05) is 18.7 Å². The number of rotatable bonds is 7. The largest absolute Gasteiger partial charge is 0.488 e. The number of aromatic nitrogens is 2. The molecule has 0 spiro atoms. The number of carbonyl (C=O) groups excluding carboxylic acids is 1. The smallest absolute Gasteiger partial charge is 0.350 e. The Balaban J connectivity index is 1.44. The summed E-state index contributed by atoms with van der Waals surface area (Å²) in [4.78, 5) is 39.7. The van der Waals surface area contributed by atoms with Crippen molar-refractivity contribution in [1.82, 2.24) is 24.3 Å². The van der Waals surface area contributed by atoms with Crippen LogP contribution in [0.1, 0.15) is 32.7 Å². The van der Waals surface area contributed by atoms with Crippen molar-refractivity contribution in [3.05, 3.63) is 64.1 Å². The van der Waals surface area contributed by atoms with Gasteiger partial charge >= 0.3 is 5.69 Å². The van der Waals surface area contributed by atoms with Gasteiger partial charge < -0.3 is 24.3 Å². The summed E-state index contributed by atoms with van der Waals surface area (Å²) in [7, 11) is 2.13. The molecular weight excluding hydrogens is 602 g/mol. The first kappa shape index (κ1) is 31.4. The molecule has 1 aromatic heterocycles. The normalized spacial score (nSPS) is 22.5. The van der Waals surface area contributed by atoms with Gasteiger partial charge in [0.1, 0.15) is 24.1 Å². The van der Waals surface area contributed by atoms with Gasteiger partial charge in [-0.05, 0) is 64.6 Å². The monoisotopic (exact) mass is 640 g/mol. The van der Waals surface area contributed by atoms with Crippen LogP contribution < -0.4 is 15.3 Å². The number of likely N-dealkylation sites (N-methyl/N-ethyl adjacent to an activating group) is 1. The Morgan fingerprint density at radius 1 is 1.13 bits per heavy atom. The summed E-state index contributed by atoms with van der Waals surface area (Å²) >= 11 is 6.88. The van der Waals surface area contributed by atoms with Gasteiger partial charge in [0, 0.05) is 73.9 Å². The molecule has 4 heterocycles. The van der Waals surface area contributed by atoms with Crippen LogP contribution >= 0.6 is 11.6 Å². The van der Waals surface area contributed by atoms with E-state index in [4.69, 9.17) is 16.3 Å². The molecule has 0 N–H and O–H groups in total. The van der Waals surface area contributed by atoms with Gasteiger partial charge in [-0.25, -0.2) is 13.6 Å². The van der Waals surface area contributed by atoms with Crippen LogP contribution in [0.25, 0.3) is 22.0 Å². The van der Waals surface area contributed by atoms with Crippen LogP contribution in [0.4, 0.5) is 14.6 Å². The second kappa shape index (κ2) is 12.7. The Morgan fingerprint density at radius 2 is 1.89 bits per heavy atom. The number of ether oxygens (including phenoxy) is 1. The van der Waals surface area contributed by atoms with E-state index in [-0.39, 0.29) is 52.5 Å². The first-order valence-corrected chi connectivity index (χ1v) is 15.9. The Morgan fingerprint density at radius 3 is 2.60 bits per heavy atom. The standard InChI is InChI=1S/C33H39ClF2N6O3/c1-5-28(43)40-17-21(3)41(18-20(40)2)32-25-16-26(34)29(24-9-8-22(35)15-27(24)36)31-30(25)42(33(44)37-32)23(19-45-31)7-6-10-39-13-11-38(4)12-14-39/h5,8-9,15-16,20-21,23H,1,6-7,10-14,17-19H2,2-4H3/t20-,21+,23+/m1/s1. The highest BCUT2D eigenvalue weighted by atomic mass is 35.5. The number of amides is 1. The third kappa shape index (κ3) is 5.93. The fraction of sp³-hybridized carbons (Fsp3) is 0.485. The van der Waals surface area contributed by atoms with E-state index in [9.17, 15) is 14.0 Å². The highest BCUT2D eigenvalue weighted by Gasteiger charge is 2.36. The zero-order valence-corrected chi connectivity index (χ0v) is 26.7. The molecule has 2 saturated heterocycles. The number of nitrogens with zero attached hydrogens (tertiary/aromatic N) is 6. The fourth-order valence-electron chi connectivity index (χ4n) is 6.90. The summed E-state index contributed by atoms with van der Waals surface area (Å²) in [6, 6.07) is 4.40. The van der Waals surface area contributed by atoms with Crippen molar-refractivity contribution in [3.63, 3.8) is 0 Å². The first-order valence-electron chi connectivity index (χ1n) is 15.5. The Labute approximate surface area is 266 Å². The molecule has 0 unspecified atom stereocenters. The number of anilines is 1. The van der Waals surface area contributed by atoms with E-state index in [1.165, 1.54) is 18.2 Å². The maximum absolute atomic E-state index is 15.2. The molecule has 12 heteroatoms. The summed E-state index contributed by atoms with van der Waals surface area (Å²) in [5.41, 5.74) is 0.422. The third-order valence-corrected chi connectivity index (χ3v) is 9.70. The molecule has 240 valence electrons. The van der Waals surface area contributed by atoms with Gasteiger partial charge in [-0.15, -0.1) is 0 Å². The summed E-state index contributed by atoms with van der Waals surface area (Å²) in [6.07, 6.45) is 2.87. The second-order valence-electron chi connectivity index (χ2n) is 12.5. The lowest BCUT2D eigenvalue weighted by atomic mass is 9.98. The molecule has 0 radical (unpaired) electrons. The predicted molar refractivity (Wildman–Crippen MR) is 172 cm³/mol. The molecule has 0 bridgehead atoms. The van der Waals surface area contributed by atoms with E-state index in [0.717, 1.165) is 45.2 Å². The Hall–Kier alpha value is -3.54. The molecule has 3 atom stereocenters. The molecular formula is C33H39ClF2N6O3. The molecule has 2 fully saturated rings. The van der Waals surface area contributed by atoms with Crippen LogP contribution in [0.2, 0.25) is 5.02 Å². The van der Waals surface area contributed by atoms with Gasteiger partial charge in [0.2, 0.25) is 5.91 Å². The van der Waals surface area contributed by atoms with Gasteiger partial charge in [0.05, 0.1) is 16.6 Å². The molecule has 2 aromatic carbocycles. The van der Waals surface area contributed by atoms with Gasteiger partial charge in [0.15, 0.2) is 5.75 Å². The minimum absolute atomic E-state index is 0.0859. The number of hydrogen-bond acceptors (Lipinski definition) is 7. The summed E-state index contributed by atoms with van der Waals surface area (Å²) in [5.74, 6) is -0.920. The Kier molecular flexibility index (Phi) is 8.87. The van der Waals surface area contributed by atoms with Gasteiger partial charge in [0.25, 0.3) is 0 Å². The van der Waals surface area contributed by atoms with Gasteiger partial charge in [-0.3, -0.25) is 9.36 Å². The molecule has 3 aliphatic heterocycles. The molecule has 0 aliphatic carbocycles. The lowest BCUT2D eigenvalue weighted by Crippen LogP contribution is -2.58. The van der Waals surface area contributed by atoms with E-state index in [1.54, 1.807) is 15.5 Å². The zero-order chi connectivity index (χ0) is 32.0. The van der Waals surface area contributed by atoms with E-state index < -0.39 is 17.3 Å². The van der Waals surface area contributed by atoms with Crippen LogP contribution in [0.3, 0.4) is 0 Å². The predicted octanol–water partition coefficient (Wildman–Crippen LogP) is 4.57. The van der Waals surface area contributed by atoms with E-state index >= 15 is 4.39 Å². The topological polar surface area (TPSA) is 74.1 Å². The highest BCUT2D eigenvalue weighted by molar-refractivity contribution is 6.35. The molecule has 0 saturated carbocycles. The molecule has 6 rings (SSSR count).